The first-order valence-corrected chi connectivity index (χ1v) is 12.6. The van der Waals surface area contributed by atoms with Gasteiger partial charge in [-0.15, -0.1) is 0 Å². The number of carbonyl (C=O) groups is 1. The number of amides is 1. The zero-order valence-electron chi connectivity index (χ0n) is 18.5. The van der Waals surface area contributed by atoms with Gasteiger partial charge in [-0.2, -0.15) is 4.31 Å². The molecule has 0 aromatic heterocycles. The van der Waals surface area contributed by atoms with E-state index in [0.717, 1.165) is 19.6 Å². The second-order valence-electron chi connectivity index (χ2n) is 7.96. The zero-order valence-corrected chi connectivity index (χ0v) is 19.3. The molecule has 3 rings (SSSR count). The van der Waals surface area contributed by atoms with Gasteiger partial charge in [0, 0.05) is 30.9 Å². The Morgan fingerprint density at radius 2 is 1.48 bits per heavy atom. The standard InChI is InChI=1S/C24H33N3O3S/c1-3-27(4-2)31(29,30)23-15-13-22(14-16-23)25-24(28)21-11-9-20(10-12-21)19-26-17-7-5-6-8-18-26/h9-16H,3-8,17-19H2,1-2H3,(H,25,28). The number of anilines is 1. The summed E-state index contributed by atoms with van der Waals surface area (Å²) in [5.74, 6) is -0.208. The van der Waals surface area contributed by atoms with Crippen LogP contribution in [0.1, 0.15) is 55.5 Å². The summed E-state index contributed by atoms with van der Waals surface area (Å²) in [7, 11) is -3.50. The lowest BCUT2D eigenvalue weighted by molar-refractivity contribution is 0.102. The number of likely N-dealkylation sites (tertiary alicyclic amines) is 1. The molecular formula is C24H33N3O3S. The third kappa shape index (κ3) is 6.15. The third-order valence-corrected chi connectivity index (χ3v) is 7.84. The Hall–Kier alpha value is -2.22. The van der Waals surface area contributed by atoms with Crippen LogP contribution < -0.4 is 5.32 Å². The average molecular weight is 444 g/mol. The van der Waals surface area contributed by atoms with Gasteiger partial charge in [0.05, 0.1) is 4.90 Å². The van der Waals surface area contributed by atoms with Crippen LogP contribution in [0.2, 0.25) is 0 Å². The van der Waals surface area contributed by atoms with Gasteiger partial charge < -0.3 is 5.32 Å². The highest BCUT2D eigenvalue weighted by Crippen LogP contribution is 2.19. The van der Waals surface area contributed by atoms with Crippen LogP contribution in [-0.4, -0.2) is 49.7 Å². The van der Waals surface area contributed by atoms with Gasteiger partial charge in [-0.05, 0) is 67.9 Å². The molecule has 0 unspecified atom stereocenters. The lowest BCUT2D eigenvalue weighted by atomic mass is 10.1. The topological polar surface area (TPSA) is 69.7 Å². The maximum Gasteiger partial charge on any atom is 0.255 e. The van der Waals surface area contributed by atoms with E-state index in [-0.39, 0.29) is 10.8 Å². The van der Waals surface area contributed by atoms with Crippen LogP contribution in [0.4, 0.5) is 5.69 Å². The van der Waals surface area contributed by atoms with Crippen molar-refractivity contribution >= 4 is 21.6 Å². The molecule has 1 amide bonds. The van der Waals surface area contributed by atoms with Crippen LogP contribution in [0, 0.1) is 0 Å². The van der Waals surface area contributed by atoms with Crippen molar-refractivity contribution in [2.45, 2.75) is 51.0 Å². The van der Waals surface area contributed by atoms with E-state index >= 15 is 0 Å². The molecule has 168 valence electrons. The number of hydrogen-bond acceptors (Lipinski definition) is 4. The zero-order chi connectivity index (χ0) is 22.3. The first-order chi connectivity index (χ1) is 14.9. The smallest absolute Gasteiger partial charge is 0.255 e. The molecule has 2 aromatic carbocycles. The molecule has 6 nitrogen and oxygen atoms in total. The molecule has 0 bridgehead atoms. The molecule has 1 aliphatic heterocycles. The summed E-state index contributed by atoms with van der Waals surface area (Å²) in [5, 5.41) is 2.85. The lowest BCUT2D eigenvalue weighted by Gasteiger charge is -2.19. The van der Waals surface area contributed by atoms with E-state index in [4.69, 9.17) is 0 Å². The number of carbonyl (C=O) groups excluding carboxylic acids is 1. The van der Waals surface area contributed by atoms with Gasteiger partial charge in [-0.1, -0.05) is 38.8 Å². The highest BCUT2D eigenvalue weighted by Gasteiger charge is 2.21. The molecule has 31 heavy (non-hydrogen) atoms. The fourth-order valence-electron chi connectivity index (χ4n) is 3.94. The summed E-state index contributed by atoms with van der Waals surface area (Å²) < 4.78 is 26.6. The van der Waals surface area contributed by atoms with Gasteiger partial charge in [0.2, 0.25) is 10.0 Å². The highest BCUT2D eigenvalue weighted by molar-refractivity contribution is 7.89. The Morgan fingerprint density at radius 1 is 0.903 bits per heavy atom. The van der Waals surface area contributed by atoms with E-state index in [1.165, 1.54) is 47.7 Å². The van der Waals surface area contributed by atoms with E-state index in [9.17, 15) is 13.2 Å². The quantitative estimate of drug-likeness (QED) is 0.659. The first kappa shape index (κ1) is 23.4. The Balaban J connectivity index is 1.61. The minimum Gasteiger partial charge on any atom is -0.322 e. The number of benzene rings is 2. The largest absolute Gasteiger partial charge is 0.322 e. The van der Waals surface area contributed by atoms with Crippen LogP contribution in [0.15, 0.2) is 53.4 Å². The highest BCUT2D eigenvalue weighted by atomic mass is 32.2. The van der Waals surface area contributed by atoms with Crippen molar-refractivity contribution in [3.8, 4) is 0 Å². The fourth-order valence-corrected chi connectivity index (χ4v) is 5.40. The molecule has 1 aliphatic rings. The van der Waals surface area contributed by atoms with Crippen molar-refractivity contribution in [2.24, 2.45) is 0 Å². The van der Waals surface area contributed by atoms with Gasteiger partial charge >= 0.3 is 0 Å². The summed E-state index contributed by atoms with van der Waals surface area (Å²) in [5.41, 5.74) is 2.36. The third-order valence-electron chi connectivity index (χ3n) is 5.78. The molecule has 1 fully saturated rings. The fraction of sp³-hybridized carbons (Fsp3) is 0.458. The van der Waals surface area contributed by atoms with Crippen LogP contribution in [-0.2, 0) is 16.6 Å². The maximum absolute atomic E-state index is 12.6. The van der Waals surface area contributed by atoms with Crippen LogP contribution in [0.3, 0.4) is 0 Å². The lowest BCUT2D eigenvalue weighted by Crippen LogP contribution is -2.30. The Morgan fingerprint density at radius 3 is 2.03 bits per heavy atom. The molecule has 7 heteroatoms. The maximum atomic E-state index is 12.6. The van der Waals surface area contributed by atoms with Crippen LogP contribution in [0.5, 0.6) is 0 Å². The van der Waals surface area contributed by atoms with Gasteiger partial charge in [0.1, 0.15) is 0 Å². The summed E-state index contributed by atoms with van der Waals surface area (Å²) >= 11 is 0. The van der Waals surface area contributed by atoms with Gasteiger partial charge in [0.25, 0.3) is 5.91 Å². The monoisotopic (exact) mass is 443 g/mol. The van der Waals surface area contributed by atoms with Crippen molar-refractivity contribution in [1.29, 1.82) is 0 Å². The normalized spacial score (nSPS) is 15.6. The molecule has 1 saturated heterocycles. The average Bonchev–Trinajstić information content (AvgIpc) is 3.04. The first-order valence-electron chi connectivity index (χ1n) is 11.2. The number of rotatable bonds is 8. The molecule has 0 radical (unpaired) electrons. The summed E-state index contributed by atoms with van der Waals surface area (Å²) in [6.07, 6.45) is 5.15. The van der Waals surface area contributed by atoms with Crippen molar-refractivity contribution in [1.82, 2.24) is 9.21 Å². The van der Waals surface area contributed by atoms with Crippen LogP contribution >= 0.6 is 0 Å². The van der Waals surface area contributed by atoms with E-state index in [1.54, 1.807) is 12.1 Å². The predicted molar refractivity (Wildman–Crippen MR) is 125 cm³/mol. The Kier molecular flexibility index (Phi) is 8.23. The minimum absolute atomic E-state index is 0.208. The predicted octanol–water partition coefficient (Wildman–Crippen LogP) is 4.35. The summed E-state index contributed by atoms with van der Waals surface area (Å²) in [6, 6.07) is 14.0. The second-order valence-corrected chi connectivity index (χ2v) is 9.89. The Labute approximate surface area is 186 Å². The molecule has 0 aliphatic carbocycles. The van der Waals surface area contributed by atoms with Crippen molar-refractivity contribution in [3.05, 3.63) is 59.7 Å². The number of nitrogens with zero attached hydrogens (tertiary/aromatic N) is 2. The van der Waals surface area contributed by atoms with Crippen molar-refractivity contribution in [3.63, 3.8) is 0 Å². The SMILES string of the molecule is CCN(CC)S(=O)(=O)c1ccc(NC(=O)c2ccc(CN3CCCCCC3)cc2)cc1. The number of sulfonamides is 1. The van der Waals surface area contributed by atoms with Crippen molar-refractivity contribution < 1.29 is 13.2 Å². The molecule has 1 heterocycles. The molecular weight excluding hydrogens is 410 g/mol. The van der Waals surface area contributed by atoms with Gasteiger partial charge in [-0.25, -0.2) is 8.42 Å². The Bertz CT molecular complexity index is 945. The van der Waals surface area contributed by atoms with Crippen LogP contribution in [0.25, 0.3) is 0 Å². The van der Waals surface area contributed by atoms with Crippen molar-refractivity contribution in [2.75, 3.05) is 31.5 Å². The molecule has 0 atom stereocenters. The molecule has 1 N–H and O–H groups in total. The van der Waals surface area contributed by atoms with Gasteiger partial charge in [0.15, 0.2) is 0 Å². The molecule has 0 spiro atoms. The summed E-state index contributed by atoms with van der Waals surface area (Å²) in [4.78, 5) is 15.3. The number of nitrogens with one attached hydrogen (secondary N) is 1. The van der Waals surface area contributed by atoms with E-state index in [0.29, 0.717) is 24.3 Å². The minimum atomic E-state index is -3.50. The molecule has 0 saturated carbocycles. The number of hydrogen-bond donors (Lipinski definition) is 1. The van der Waals surface area contributed by atoms with E-state index < -0.39 is 10.0 Å². The van der Waals surface area contributed by atoms with Gasteiger partial charge in [-0.3, -0.25) is 9.69 Å². The molecule has 2 aromatic rings. The van der Waals surface area contributed by atoms with E-state index in [1.807, 2.05) is 38.1 Å². The van der Waals surface area contributed by atoms with E-state index in [2.05, 4.69) is 10.2 Å². The second kappa shape index (κ2) is 10.9. The summed E-state index contributed by atoms with van der Waals surface area (Å²) in [6.45, 7) is 7.68.